The molecule has 0 aliphatic carbocycles. The summed E-state index contributed by atoms with van der Waals surface area (Å²) in [6.07, 6.45) is 1.39. The van der Waals surface area contributed by atoms with Crippen molar-refractivity contribution in [1.29, 1.82) is 0 Å². The zero-order valence-corrected chi connectivity index (χ0v) is 34.8. The summed E-state index contributed by atoms with van der Waals surface area (Å²) < 4.78 is 121. The van der Waals surface area contributed by atoms with Crippen LogP contribution in [0.15, 0.2) is 176 Å². The Balaban J connectivity index is 0.00000729. The molecule has 0 aliphatic rings. The fourth-order valence-electron chi connectivity index (χ4n) is 7.28. The fourth-order valence-corrected chi connectivity index (χ4v) is 7.28. The molecule has 2 aromatic heterocycles. The predicted molar refractivity (Wildman–Crippen MR) is 245 cm³/mol. The Morgan fingerprint density at radius 2 is 1.30 bits per heavy atom. The van der Waals surface area contributed by atoms with Gasteiger partial charge in [0.05, 0.1) is 22.1 Å². The molecule has 2 heterocycles. The molecule has 9 aromatic rings. The average molecular weight is 974 g/mol. The number of para-hydroxylation sites is 2. The molecule has 1 N–H and O–H groups in total. The molecule has 0 amide bonds. The summed E-state index contributed by atoms with van der Waals surface area (Å²) in [4.78, 5) is 9.95. The second-order valence-corrected chi connectivity index (χ2v) is 14.6. The molecule has 7 aromatic carbocycles. The van der Waals surface area contributed by atoms with E-state index >= 15 is 0 Å². The van der Waals surface area contributed by atoms with Crippen LogP contribution >= 0.6 is 0 Å². The van der Waals surface area contributed by atoms with Crippen molar-refractivity contribution in [1.82, 2.24) is 14.5 Å². The van der Waals surface area contributed by atoms with E-state index in [1.165, 1.54) is 18.3 Å². The normalized spacial score (nSPS) is 15.7. The van der Waals surface area contributed by atoms with E-state index in [1.807, 2.05) is 134 Å². The summed E-state index contributed by atoms with van der Waals surface area (Å²) in [6, 6.07) is 44.5. The number of hydrogen-bond donors (Lipinski definition) is 1. The minimum Gasteiger partial charge on any atom is -0.507 e. The predicted octanol–water partition coefficient (Wildman–Crippen LogP) is 14.3. The Hall–Kier alpha value is -6.35. The van der Waals surface area contributed by atoms with E-state index < -0.39 is 61.6 Å². The van der Waals surface area contributed by atoms with Gasteiger partial charge in [0, 0.05) is 52.4 Å². The Labute approximate surface area is 387 Å². The van der Waals surface area contributed by atoms with Gasteiger partial charge in [0.15, 0.2) is 0 Å². The van der Waals surface area contributed by atoms with Crippen LogP contribution < -0.4 is 0 Å². The number of nitrogens with zero attached hydrogens (tertiary/aromatic N) is 3. The maximum atomic E-state index is 11.4. The van der Waals surface area contributed by atoms with E-state index in [0.717, 1.165) is 27.8 Å². The minimum absolute atomic E-state index is 0. The van der Waals surface area contributed by atoms with Gasteiger partial charge in [-0.2, -0.15) is 0 Å². The number of benzene rings is 7. The zero-order chi connectivity index (χ0) is 52.6. The van der Waals surface area contributed by atoms with Gasteiger partial charge >= 0.3 is 0 Å². The second kappa shape index (κ2) is 16.7. The van der Waals surface area contributed by atoms with E-state index in [9.17, 15) is 5.11 Å². The summed E-state index contributed by atoms with van der Waals surface area (Å²) in [5, 5.41) is 11.4. The third-order valence-corrected chi connectivity index (χ3v) is 10.3. The van der Waals surface area contributed by atoms with Crippen LogP contribution in [-0.2, 0) is 26.5 Å². The van der Waals surface area contributed by atoms with Gasteiger partial charge in [-0.15, -0.1) is 23.8 Å². The molecule has 0 spiro atoms. The number of aromatic hydroxyl groups is 1. The summed E-state index contributed by atoms with van der Waals surface area (Å²) in [5.41, 5.74) is 3.27. The molecule has 0 atom stereocenters. The number of fused-ring (bicyclic) bond motifs is 1. The van der Waals surface area contributed by atoms with E-state index in [2.05, 4.69) is 11.1 Å². The number of rotatable bonds is 8. The Bertz CT molecular complexity index is 3520. The topological polar surface area (TPSA) is 50.9 Å². The van der Waals surface area contributed by atoms with Crippen molar-refractivity contribution in [2.75, 3.05) is 0 Å². The van der Waals surface area contributed by atoms with Gasteiger partial charge in [-0.25, -0.2) is 4.98 Å². The molecule has 0 radical (unpaired) electrons. The fraction of sp³-hybridized carbons (Fsp3) is 0.127. The van der Waals surface area contributed by atoms with Gasteiger partial charge in [-0.1, -0.05) is 172 Å². The van der Waals surface area contributed by atoms with Gasteiger partial charge in [0.2, 0.25) is 0 Å². The first-order valence-electron chi connectivity index (χ1n) is 26.1. The molecular weight excluding hydrogens is 914 g/mol. The summed E-state index contributed by atoms with van der Waals surface area (Å²) in [5.74, 6) is -0.543. The Morgan fingerprint density at radius 3 is 1.98 bits per heavy atom. The molecule has 4 nitrogen and oxygen atoms in total. The molecule has 0 saturated carbocycles. The molecule has 0 saturated heterocycles. The van der Waals surface area contributed by atoms with Crippen molar-refractivity contribution in [2.24, 2.45) is 0 Å². The van der Waals surface area contributed by atoms with Crippen molar-refractivity contribution in [3.8, 4) is 78.6 Å². The van der Waals surface area contributed by atoms with Gasteiger partial charge in [-0.05, 0) is 86.7 Å². The van der Waals surface area contributed by atoms with Crippen molar-refractivity contribution in [2.45, 2.75) is 45.7 Å². The second-order valence-electron chi connectivity index (χ2n) is 14.6. The van der Waals surface area contributed by atoms with E-state index in [-0.39, 0.29) is 43.6 Å². The van der Waals surface area contributed by atoms with Crippen molar-refractivity contribution in [3.05, 3.63) is 193 Å². The molecule has 0 bridgehead atoms. The van der Waals surface area contributed by atoms with Crippen molar-refractivity contribution >= 4 is 11.0 Å². The number of pyridine rings is 1. The molecule has 0 unspecified atom stereocenters. The van der Waals surface area contributed by atoms with Crippen LogP contribution in [0.4, 0.5) is 0 Å². The van der Waals surface area contributed by atoms with Crippen LogP contribution in [0.1, 0.15) is 70.6 Å². The number of phenolic OH excluding ortho intramolecular Hbond substituents is 1. The Kier molecular flexibility index (Phi) is 7.44. The molecule has 298 valence electrons. The molecular formula is C55H46N3OPt-. The van der Waals surface area contributed by atoms with Gasteiger partial charge in [0.25, 0.3) is 0 Å². The van der Waals surface area contributed by atoms with Crippen LogP contribution in [0.25, 0.3) is 83.9 Å². The number of hydrogen-bond acceptors (Lipinski definition) is 3. The van der Waals surface area contributed by atoms with Crippen molar-refractivity contribution < 1.29 is 45.4 Å². The smallest absolute Gasteiger partial charge is 0.148 e. The Morgan fingerprint density at radius 1 is 0.650 bits per heavy atom. The largest absolute Gasteiger partial charge is 0.507 e. The van der Waals surface area contributed by atoms with E-state index in [1.54, 1.807) is 18.2 Å². The molecule has 0 fully saturated rings. The van der Waals surface area contributed by atoms with Gasteiger partial charge < -0.3 is 5.11 Å². The summed E-state index contributed by atoms with van der Waals surface area (Å²) in [7, 11) is 0. The quantitative estimate of drug-likeness (QED) is 0.154. The first-order chi connectivity index (χ1) is 34.3. The summed E-state index contributed by atoms with van der Waals surface area (Å²) in [6.45, 7) is -7.80. The molecule has 5 heteroatoms. The third-order valence-electron chi connectivity index (χ3n) is 10.3. The van der Waals surface area contributed by atoms with Gasteiger partial charge in [0.1, 0.15) is 11.6 Å². The molecule has 0 aliphatic heterocycles. The van der Waals surface area contributed by atoms with Crippen LogP contribution in [0.3, 0.4) is 0 Å². The molecule has 60 heavy (non-hydrogen) atoms. The monoisotopic (exact) mass is 973 g/mol. The first kappa shape index (κ1) is 26.7. The number of aromatic nitrogens is 3. The third kappa shape index (κ3) is 8.01. The zero-order valence-electron chi connectivity index (χ0n) is 46.5. The number of imidazole rings is 1. The first-order valence-corrected chi connectivity index (χ1v) is 19.1. The van der Waals surface area contributed by atoms with Crippen molar-refractivity contribution in [3.63, 3.8) is 0 Å². The standard InChI is InChI=1S/C55H46N3O.Pt/c1-36(2)41-29-43(38-17-10-7-11-18-38)34-47(33-41)58-51-21-14-20-48(53(51)57-54(58)49-19-12-13-22-52(49)59)44-30-42(37-15-8-6-9-16-37)31-45(32-44)50-35-40(27-28-56-50)39-23-25-46(26-24-39)55(3,4)5;/h6-31,33-36,59H,1-5H3;/q-1;/i3D3,4D3,5D3,23D,24D,25D,26D,36D;. The number of phenols is 1. The summed E-state index contributed by atoms with van der Waals surface area (Å²) >= 11 is 0. The van der Waals surface area contributed by atoms with Crippen LogP contribution in [-0.4, -0.2) is 19.6 Å². The maximum absolute atomic E-state index is 11.4. The van der Waals surface area contributed by atoms with E-state index in [4.69, 9.17) is 24.2 Å². The van der Waals surface area contributed by atoms with Crippen LogP contribution in [0.5, 0.6) is 5.75 Å². The molecule has 9 rings (SSSR count). The van der Waals surface area contributed by atoms with Crippen LogP contribution in [0, 0.1) is 6.07 Å². The SMILES string of the molecule is [2H]c1c([2H])c(C(C([2H])([2H])[2H])(C([2H])([2H])[2H])C([2H])([2H])[2H])c([2H])c([2H])c1-c1ccnc(-c2[c-]c(-c3cccc4c3nc(-c3ccccc3O)n4-c3cc(-c4ccccc4)cc(C([2H])(C)C)c3)cc(-c3ccccc3)c2)c1.[Pt]. The van der Waals surface area contributed by atoms with Crippen LogP contribution in [0.2, 0.25) is 0 Å². The van der Waals surface area contributed by atoms with E-state index in [0.29, 0.717) is 44.8 Å². The minimum atomic E-state index is -3.82. The van der Waals surface area contributed by atoms with Gasteiger partial charge in [-0.3, -0.25) is 9.55 Å². The maximum Gasteiger partial charge on any atom is 0.148 e. The average Bonchev–Trinajstić information content (AvgIpc) is 3.73.